The SMILES string of the molecule is O=C(CC1CCc2ccccc2C1)NCCN1C(=O)CSC1=O. The quantitative estimate of drug-likeness (QED) is 0.895. The minimum Gasteiger partial charge on any atom is -0.354 e. The number of nitrogens with one attached hydrogen (secondary N) is 1. The highest BCUT2D eigenvalue weighted by Crippen LogP contribution is 2.27. The van der Waals surface area contributed by atoms with E-state index in [1.165, 1.54) is 16.0 Å². The summed E-state index contributed by atoms with van der Waals surface area (Å²) < 4.78 is 0. The van der Waals surface area contributed by atoms with Crippen LogP contribution in [0.2, 0.25) is 0 Å². The highest BCUT2D eigenvalue weighted by atomic mass is 32.2. The molecule has 3 amide bonds. The molecule has 1 unspecified atom stereocenters. The molecule has 1 heterocycles. The summed E-state index contributed by atoms with van der Waals surface area (Å²) in [5.74, 6) is 0.420. The Labute approximate surface area is 139 Å². The Kier molecular flexibility index (Phi) is 5.00. The molecular weight excluding hydrogens is 312 g/mol. The maximum atomic E-state index is 12.1. The minimum absolute atomic E-state index is 0.00105. The number of imide groups is 1. The van der Waals surface area contributed by atoms with E-state index in [1.807, 2.05) is 6.07 Å². The number of benzene rings is 1. The Morgan fingerprint density at radius 1 is 1.26 bits per heavy atom. The maximum Gasteiger partial charge on any atom is 0.288 e. The Hall–Kier alpha value is -1.82. The molecule has 2 aliphatic rings. The third-order valence-electron chi connectivity index (χ3n) is 4.42. The van der Waals surface area contributed by atoms with Crippen LogP contribution >= 0.6 is 11.8 Å². The number of carbonyl (C=O) groups excluding carboxylic acids is 3. The Balaban J connectivity index is 1.42. The van der Waals surface area contributed by atoms with Gasteiger partial charge in [0.15, 0.2) is 0 Å². The van der Waals surface area contributed by atoms with Gasteiger partial charge in [0.25, 0.3) is 5.24 Å². The van der Waals surface area contributed by atoms with Gasteiger partial charge in [0.2, 0.25) is 11.8 Å². The van der Waals surface area contributed by atoms with E-state index in [4.69, 9.17) is 0 Å². The summed E-state index contributed by atoms with van der Waals surface area (Å²) in [5, 5.41) is 2.61. The Morgan fingerprint density at radius 3 is 2.78 bits per heavy atom. The van der Waals surface area contributed by atoms with E-state index in [0.29, 0.717) is 18.9 Å². The lowest BCUT2D eigenvalue weighted by Gasteiger charge is -2.24. The standard InChI is InChI=1S/C17H20N2O3S/c20-15(18-7-8-19-16(21)11-23-17(19)22)10-12-5-6-13-3-1-2-4-14(13)9-12/h1-4,12H,5-11H2,(H,18,20). The first kappa shape index (κ1) is 16.1. The zero-order valence-corrected chi connectivity index (χ0v) is 13.7. The molecule has 0 saturated carbocycles. The number of aryl methyl sites for hydroxylation is 1. The molecule has 0 bridgehead atoms. The van der Waals surface area contributed by atoms with Crippen molar-refractivity contribution >= 4 is 28.8 Å². The number of hydrogen-bond acceptors (Lipinski definition) is 4. The second kappa shape index (κ2) is 7.17. The van der Waals surface area contributed by atoms with Crippen molar-refractivity contribution in [1.82, 2.24) is 10.2 Å². The van der Waals surface area contributed by atoms with Gasteiger partial charge in [-0.25, -0.2) is 0 Å². The van der Waals surface area contributed by atoms with Crippen molar-refractivity contribution in [2.75, 3.05) is 18.8 Å². The average Bonchev–Trinajstić information content (AvgIpc) is 2.86. The van der Waals surface area contributed by atoms with Crippen LogP contribution in [0, 0.1) is 5.92 Å². The molecule has 122 valence electrons. The first-order chi connectivity index (χ1) is 11.1. The Bertz CT molecular complexity index is 616. The third-order valence-corrected chi connectivity index (χ3v) is 5.28. The molecule has 1 atom stereocenters. The van der Waals surface area contributed by atoms with Gasteiger partial charge < -0.3 is 5.32 Å². The number of hydrogen-bond donors (Lipinski definition) is 1. The number of rotatable bonds is 5. The van der Waals surface area contributed by atoms with Crippen LogP contribution in [0.4, 0.5) is 4.79 Å². The van der Waals surface area contributed by atoms with E-state index in [0.717, 1.165) is 31.0 Å². The molecule has 1 aromatic carbocycles. The third kappa shape index (κ3) is 3.93. The summed E-state index contributed by atoms with van der Waals surface area (Å²) in [6.45, 7) is 0.601. The fourth-order valence-corrected chi connectivity index (χ4v) is 3.94. The van der Waals surface area contributed by atoms with Crippen molar-refractivity contribution in [3.05, 3.63) is 35.4 Å². The molecule has 1 aliphatic heterocycles. The van der Waals surface area contributed by atoms with Crippen LogP contribution in [0.1, 0.15) is 24.0 Å². The molecule has 1 saturated heterocycles. The van der Waals surface area contributed by atoms with Gasteiger partial charge in [-0.1, -0.05) is 36.0 Å². The smallest absolute Gasteiger partial charge is 0.288 e. The first-order valence-electron chi connectivity index (χ1n) is 7.94. The normalized spacial score (nSPS) is 20.5. The van der Waals surface area contributed by atoms with Gasteiger partial charge in [-0.2, -0.15) is 0 Å². The summed E-state index contributed by atoms with van der Waals surface area (Å²) in [6, 6.07) is 8.41. The predicted molar refractivity (Wildman–Crippen MR) is 89.2 cm³/mol. The summed E-state index contributed by atoms with van der Waals surface area (Å²) in [4.78, 5) is 36.2. The highest BCUT2D eigenvalue weighted by Gasteiger charge is 2.29. The highest BCUT2D eigenvalue weighted by molar-refractivity contribution is 8.14. The van der Waals surface area contributed by atoms with Crippen molar-refractivity contribution in [3.63, 3.8) is 0 Å². The van der Waals surface area contributed by atoms with Crippen LogP contribution in [0.25, 0.3) is 0 Å². The minimum atomic E-state index is -0.215. The molecule has 6 heteroatoms. The molecule has 0 spiro atoms. The lowest BCUT2D eigenvalue weighted by Crippen LogP contribution is -2.38. The summed E-state index contributed by atoms with van der Waals surface area (Å²) in [6.07, 6.45) is 3.51. The van der Waals surface area contributed by atoms with Crippen LogP contribution in [-0.4, -0.2) is 40.8 Å². The maximum absolute atomic E-state index is 12.1. The van der Waals surface area contributed by atoms with Crippen LogP contribution < -0.4 is 5.32 Å². The number of carbonyl (C=O) groups is 3. The zero-order chi connectivity index (χ0) is 16.2. The van der Waals surface area contributed by atoms with Crippen molar-refractivity contribution in [2.45, 2.75) is 25.7 Å². The van der Waals surface area contributed by atoms with E-state index >= 15 is 0 Å². The summed E-state index contributed by atoms with van der Waals surface area (Å²) in [7, 11) is 0. The van der Waals surface area contributed by atoms with Gasteiger partial charge in [0.05, 0.1) is 5.75 Å². The second-order valence-electron chi connectivity index (χ2n) is 6.03. The summed E-state index contributed by atoms with van der Waals surface area (Å²) >= 11 is 1.02. The molecule has 0 aromatic heterocycles. The molecule has 3 rings (SSSR count). The van der Waals surface area contributed by atoms with E-state index in [9.17, 15) is 14.4 Å². The fraction of sp³-hybridized carbons (Fsp3) is 0.471. The molecule has 23 heavy (non-hydrogen) atoms. The van der Waals surface area contributed by atoms with Gasteiger partial charge in [-0.15, -0.1) is 0 Å². The monoisotopic (exact) mass is 332 g/mol. The predicted octanol–water partition coefficient (Wildman–Crippen LogP) is 1.99. The van der Waals surface area contributed by atoms with Crippen LogP contribution in [0.3, 0.4) is 0 Å². The Morgan fingerprint density at radius 2 is 2.04 bits per heavy atom. The fourth-order valence-electron chi connectivity index (χ4n) is 3.19. The van der Waals surface area contributed by atoms with Crippen LogP contribution in [-0.2, 0) is 22.4 Å². The summed E-state index contributed by atoms with van der Waals surface area (Å²) in [5.41, 5.74) is 2.74. The molecular formula is C17H20N2O3S. The van der Waals surface area contributed by atoms with Gasteiger partial charge in [0.1, 0.15) is 0 Å². The van der Waals surface area contributed by atoms with E-state index in [-0.39, 0.29) is 29.4 Å². The first-order valence-corrected chi connectivity index (χ1v) is 8.92. The van der Waals surface area contributed by atoms with Crippen molar-refractivity contribution < 1.29 is 14.4 Å². The van der Waals surface area contributed by atoms with Gasteiger partial charge >= 0.3 is 0 Å². The largest absolute Gasteiger partial charge is 0.354 e. The molecule has 1 aromatic rings. The van der Waals surface area contributed by atoms with E-state index < -0.39 is 0 Å². The second-order valence-corrected chi connectivity index (χ2v) is 6.96. The molecule has 1 fully saturated rings. The number of amides is 3. The number of thioether (sulfide) groups is 1. The topological polar surface area (TPSA) is 66.5 Å². The lowest BCUT2D eigenvalue weighted by molar-refractivity contribution is -0.126. The number of fused-ring (bicyclic) bond motifs is 1. The lowest BCUT2D eigenvalue weighted by atomic mass is 9.82. The molecule has 0 radical (unpaired) electrons. The van der Waals surface area contributed by atoms with Crippen molar-refractivity contribution in [1.29, 1.82) is 0 Å². The van der Waals surface area contributed by atoms with Gasteiger partial charge in [0, 0.05) is 19.5 Å². The van der Waals surface area contributed by atoms with Crippen molar-refractivity contribution in [2.24, 2.45) is 5.92 Å². The van der Waals surface area contributed by atoms with E-state index in [1.54, 1.807) is 0 Å². The molecule has 1 aliphatic carbocycles. The van der Waals surface area contributed by atoms with Crippen LogP contribution in [0.5, 0.6) is 0 Å². The van der Waals surface area contributed by atoms with Gasteiger partial charge in [-0.05, 0) is 36.3 Å². The van der Waals surface area contributed by atoms with Crippen molar-refractivity contribution in [3.8, 4) is 0 Å². The average molecular weight is 332 g/mol. The molecule has 5 nitrogen and oxygen atoms in total. The van der Waals surface area contributed by atoms with Gasteiger partial charge in [-0.3, -0.25) is 19.3 Å². The van der Waals surface area contributed by atoms with Crippen LogP contribution in [0.15, 0.2) is 24.3 Å². The molecule has 1 N–H and O–H groups in total. The zero-order valence-electron chi connectivity index (χ0n) is 12.9. The van der Waals surface area contributed by atoms with E-state index in [2.05, 4.69) is 23.5 Å². The number of nitrogens with zero attached hydrogens (tertiary/aromatic N) is 1.